The first-order valence-electron chi connectivity index (χ1n) is 6.60. The molecule has 0 radical (unpaired) electrons. The molecule has 20 heavy (non-hydrogen) atoms. The quantitative estimate of drug-likeness (QED) is 0.825. The summed E-state index contributed by atoms with van der Waals surface area (Å²) in [6, 6.07) is 7.27. The highest BCUT2D eigenvalue weighted by molar-refractivity contribution is 9.10. The number of rotatable bonds is 3. The standard InChI is InChI=1S/C15H17BrO4/c1-9-6-7-15(13(17)18,14(19)20)12(8-9)10-2-4-11(16)5-3-10/h2-5,9,12H,6-8H2,1H3,(H,17,18)(H,19,20). The van der Waals surface area contributed by atoms with E-state index in [0.29, 0.717) is 18.8 Å². The number of benzene rings is 1. The minimum absolute atomic E-state index is 0.180. The highest BCUT2D eigenvalue weighted by atomic mass is 79.9. The lowest BCUT2D eigenvalue weighted by Crippen LogP contribution is -2.47. The van der Waals surface area contributed by atoms with Crippen molar-refractivity contribution in [3.05, 3.63) is 34.3 Å². The van der Waals surface area contributed by atoms with Gasteiger partial charge in [-0.2, -0.15) is 0 Å². The van der Waals surface area contributed by atoms with Gasteiger partial charge in [0.05, 0.1) is 0 Å². The minimum Gasteiger partial charge on any atom is -0.480 e. The van der Waals surface area contributed by atoms with E-state index in [0.717, 1.165) is 10.0 Å². The van der Waals surface area contributed by atoms with Crippen molar-refractivity contribution >= 4 is 27.9 Å². The first-order valence-corrected chi connectivity index (χ1v) is 7.39. The highest BCUT2D eigenvalue weighted by Crippen LogP contribution is 2.49. The Morgan fingerprint density at radius 2 is 1.75 bits per heavy atom. The van der Waals surface area contributed by atoms with E-state index in [1.165, 1.54) is 0 Å². The van der Waals surface area contributed by atoms with Crippen LogP contribution in [0, 0.1) is 11.3 Å². The lowest BCUT2D eigenvalue weighted by molar-refractivity contribution is -0.169. The molecule has 0 bridgehead atoms. The monoisotopic (exact) mass is 340 g/mol. The van der Waals surface area contributed by atoms with Crippen LogP contribution in [0.4, 0.5) is 0 Å². The van der Waals surface area contributed by atoms with Gasteiger partial charge in [-0.15, -0.1) is 0 Å². The molecular weight excluding hydrogens is 324 g/mol. The van der Waals surface area contributed by atoms with Crippen molar-refractivity contribution in [3.8, 4) is 0 Å². The fourth-order valence-electron chi connectivity index (χ4n) is 3.09. The summed E-state index contributed by atoms with van der Waals surface area (Å²) in [5.74, 6) is -2.63. The normalized spacial score (nSPS) is 25.1. The van der Waals surface area contributed by atoms with Gasteiger partial charge >= 0.3 is 11.9 Å². The van der Waals surface area contributed by atoms with Crippen molar-refractivity contribution in [2.45, 2.75) is 32.1 Å². The molecule has 2 unspecified atom stereocenters. The lowest BCUT2D eigenvalue weighted by atomic mass is 9.61. The van der Waals surface area contributed by atoms with Gasteiger partial charge < -0.3 is 10.2 Å². The maximum absolute atomic E-state index is 11.7. The molecule has 0 aromatic heterocycles. The van der Waals surface area contributed by atoms with E-state index in [9.17, 15) is 19.8 Å². The van der Waals surface area contributed by atoms with Gasteiger partial charge in [-0.1, -0.05) is 35.0 Å². The van der Waals surface area contributed by atoms with Crippen molar-refractivity contribution in [1.29, 1.82) is 0 Å². The van der Waals surface area contributed by atoms with Gasteiger partial charge in [0.15, 0.2) is 5.41 Å². The largest absolute Gasteiger partial charge is 0.480 e. The number of aliphatic carboxylic acids is 2. The third-order valence-electron chi connectivity index (χ3n) is 4.30. The van der Waals surface area contributed by atoms with Gasteiger partial charge in [0.25, 0.3) is 0 Å². The average molecular weight is 341 g/mol. The van der Waals surface area contributed by atoms with Gasteiger partial charge in [-0.3, -0.25) is 9.59 Å². The molecule has 0 heterocycles. The zero-order valence-corrected chi connectivity index (χ0v) is 12.8. The SMILES string of the molecule is CC1CCC(C(=O)O)(C(=O)O)C(c2ccc(Br)cc2)C1. The minimum atomic E-state index is -1.71. The van der Waals surface area contributed by atoms with Crippen molar-refractivity contribution in [1.82, 2.24) is 0 Å². The van der Waals surface area contributed by atoms with Crippen molar-refractivity contribution < 1.29 is 19.8 Å². The Kier molecular flexibility index (Phi) is 4.18. The van der Waals surface area contributed by atoms with E-state index in [2.05, 4.69) is 15.9 Å². The second-order valence-electron chi connectivity index (χ2n) is 5.57. The molecule has 1 aromatic rings. The summed E-state index contributed by atoms with van der Waals surface area (Å²) in [5.41, 5.74) is -0.926. The number of carbonyl (C=O) groups is 2. The Balaban J connectivity index is 2.50. The Hall–Kier alpha value is -1.36. The molecule has 0 amide bonds. The summed E-state index contributed by atoms with van der Waals surface area (Å²) in [4.78, 5) is 23.4. The van der Waals surface area contributed by atoms with Gasteiger partial charge in [0.2, 0.25) is 0 Å². The summed E-state index contributed by atoms with van der Waals surface area (Å²) in [6.07, 6.45) is 1.39. The van der Waals surface area contributed by atoms with E-state index >= 15 is 0 Å². The molecule has 1 saturated carbocycles. The molecule has 0 saturated heterocycles. The summed E-state index contributed by atoms with van der Waals surface area (Å²) in [7, 11) is 0. The summed E-state index contributed by atoms with van der Waals surface area (Å²) in [5, 5.41) is 19.1. The van der Waals surface area contributed by atoms with Crippen LogP contribution in [0.2, 0.25) is 0 Å². The second kappa shape index (κ2) is 5.56. The van der Waals surface area contributed by atoms with E-state index in [4.69, 9.17) is 0 Å². The molecule has 0 aliphatic heterocycles. The molecule has 1 aliphatic rings. The van der Waals surface area contributed by atoms with Crippen LogP contribution in [0.15, 0.2) is 28.7 Å². The summed E-state index contributed by atoms with van der Waals surface area (Å²) in [6.45, 7) is 2.04. The summed E-state index contributed by atoms with van der Waals surface area (Å²) >= 11 is 3.34. The zero-order valence-electron chi connectivity index (χ0n) is 11.2. The van der Waals surface area contributed by atoms with Gasteiger partial charge in [0, 0.05) is 10.4 Å². The van der Waals surface area contributed by atoms with Crippen LogP contribution in [0.5, 0.6) is 0 Å². The van der Waals surface area contributed by atoms with Crippen molar-refractivity contribution in [2.75, 3.05) is 0 Å². The first-order chi connectivity index (χ1) is 9.37. The molecule has 4 nitrogen and oxygen atoms in total. The molecule has 5 heteroatoms. The predicted molar refractivity (Wildman–Crippen MR) is 77.6 cm³/mol. The van der Waals surface area contributed by atoms with Gasteiger partial charge in [-0.05, 0) is 42.9 Å². The van der Waals surface area contributed by atoms with Crippen LogP contribution in [0.1, 0.15) is 37.7 Å². The molecule has 2 atom stereocenters. The maximum atomic E-state index is 11.7. The van der Waals surface area contributed by atoms with E-state index in [1.54, 1.807) is 0 Å². The van der Waals surface area contributed by atoms with Crippen LogP contribution in [-0.4, -0.2) is 22.2 Å². The molecule has 1 fully saturated rings. The second-order valence-corrected chi connectivity index (χ2v) is 6.48. The van der Waals surface area contributed by atoms with Crippen LogP contribution < -0.4 is 0 Å². The third-order valence-corrected chi connectivity index (χ3v) is 4.83. The Bertz CT molecular complexity index is 509. The van der Waals surface area contributed by atoms with E-state index in [-0.39, 0.29) is 6.42 Å². The molecule has 1 aromatic carbocycles. The highest BCUT2D eigenvalue weighted by Gasteiger charge is 2.55. The zero-order chi connectivity index (χ0) is 14.9. The molecular formula is C15H17BrO4. The van der Waals surface area contributed by atoms with Crippen molar-refractivity contribution in [3.63, 3.8) is 0 Å². The third kappa shape index (κ3) is 2.46. The molecule has 0 spiro atoms. The Morgan fingerprint density at radius 1 is 1.20 bits per heavy atom. The van der Waals surface area contributed by atoms with Crippen molar-refractivity contribution in [2.24, 2.45) is 11.3 Å². The number of carboxylic acid groups (broad SMARTS) is 2. The molecule has 1 aliphatic carbocycles. The average Bonchev–Trinajstić information content (AvgIpc) is 2.39. The van der Waals surface area contributed by atoms with Crippen LogP contribution in [0.25, 0.3) is 0 Å². The van der Waals surface area contributed by atoms with Gasteiger partial charge in [0.1, 0.15) is 0 Å². The fraction of sp³-hybridized carbons (Fsp3) is 0.467. The fourth-order valence-corrected chi connectivity index (χ4v) is 3.35. The first kappa shape index (κ1) is 15.0. The molecule has 108 valence electrons. The van der Waals surface area contributed by atoms with Crippen LogP contribution in [-0.2, 0) is 9.59 Å². The molecule has 2 N–H and O–H groups in total. The van der Waals surface area contributed by atoms with E-state index < -0.39 is 23.3 Å². The Morgan fingerprint density at radius 3 is 2.25 bits per heavy atom. The van der Waals surface area contributed by atoms with Crippen LogP contribution in [0.3, 0.4) is 0 Å². The molecule has 2 rings (SSSR count). The number of hydrogen-bond donors (Lipinski definition) is 2. The predicted octanol–water partition coefficient (Wildman–Crippen LogP) is 3.51. The lowest BCUT2D eigenvalue weighted by Gasteiger charge is -2.40. The van der Waals surface area contributed by atoms with E-state index in [1.807, 2.05) is 31.2 Å². The summed E-state index contributed by atoms with van der Waals surface area (Å²) < 4.78 is 0.890. The van der Waals surface area contributed by atoms with Gasteiger partial charge in [-0.25, -0.2) is 0 Å². The Labute approximate surface area is 125 Å². The number of carboxylic acids is 2. The smallest absolute Gasteiger partial charge is 0.321 e. The topological polar surface area (TPSA) is 74.6 Å². The van der Waals surface area contributed by atoms with Crippen LogP contribution >= 0.6 is 15.9 Å². The maximum Gasteiger partial charge on any atom is 0.321 e. The number of halogens is 1. The number of hydrogen-bond acceptors (Lipinski definition) is 2.